The molecule has 4 rings (SSSR count). The van der Waals surface area contributed by atoms with Crippen molar-refractivity contribution in [2.24, 2.45) is 11.7 Å². The Morgan fingerprint density at radius 3 is 2.33 bits per heavy atom. The van der Waals surface area contributed by atoms with Gasteiger partial charge in [0, 0.05) is 37.5 Å². The van der Waals surface area contributed by atoms with Crippen molar-refractivity contribution in [3.8, 4) is 17.0 Å². The number of likely N-dealkylation sites (tertiary alicyclic amines) is 2. The van der Waals surface area contributed by atoms with Gasteiger partial charge in [0.15, 0.2) is 0 Å². The third-order valence-corrected chi connectivity index (χ3v) is 7.43. The van der Waals surface area contributed by atoms with Crippen LogP contribution in [-0.4, -0.2) is 77.4 Å². The van der Waals surface area contributed by atoms with Crippen LogP contribution in [0.2, 0.25) is 0 Å². The zero-order valence-corrected chi connectivity index (χ0v) is 22.8. The van der Waals surface area contributed by atoms with Crippen LogP contribution < -0.4 is 10.5 Å². The first-order valence-corrected chi connectivity index (χ1v) is 13.7. The van der Waals surface area contributed by atoms with Crippen molar-refractivity contribution < 1.29 is 27.8 Å². The van der Waals surface area contributed by atoms with Crippen molar-refractivity contribution in [3.05, 3.63) is 47.9 Å². The van der Waals surface area contributed by atoms with Crippen LogP contribution in [0.3, 0.4) is 0 Å². The van der Waals surface area contributed by atoms with Gasteiger partial charge in [0.1, 0.15) is 18.1 Å². The van der Waals surface area contributed by atoms with E-state index in [9.17, 15) is 18.4 Å². The summed E-state index contributed by atoms with van der Waals surface area (Å²) in [5.74, 6) is -0.0461. The topological polar surface area (TPSA) is 98.0 Å². The van der Waals surface area contributed by atoms with Gasteiger partial charge in [-0.05, 0) is 75.6 Å². The monoisotopic (exact) mass is 544 g/mol. The first kappa shape index (κ1) is 28.7. The zero-order valence-electron chi connectivity index (χ0n) is 22.8. The molecule has 1 aromatic carbocycles. The number of amides is 2. The molecule has 0 saturated carbocycles. The molecule has 1 aromatic heterocycles. The van der Waals surface area contributed by atoms with E-state index in [2.05, 4.69) is 4.98 Å². The van der Waals surface area contributed by atoms with Gasteiger partial charge in [0.25, 0.3) is 0 Å². The number of aromatic nitrogens is 1. The Labute approximate surface area is 228 Å². The van der Waals surface area contributed by atoms with E-state index < -0.39 is 18.0 Å². The van der Waals surface area contributed by atoms with E-state index in [-0.39, 0.29) is 37.2 Å². The number of rotatable bonds is 8. The van der Waals surface area contributed by atoms with Crippen LogP contribution >= 0.6 is 0 Å². The number of hydrogen-bond acceptors (Lipinski definition) is 6. The highest BCUT2D eigenvalue weighted by Gasteiger charge is 2.30. The van der Waals surface area contributed by atoms with Crippen molar-refractivity contribution in [1.29, 1.82) is 0 Å². The molecule has 3 heterocycles. The molecule has 2 aromatic rings. The average Bonchev–Trinajstić information content (AvgIpc) is 3.35. The van der Waals surface area contributed by atoms with Gasteiger partial charge < -0.3 is 25.0 Å². The number of hydrogen-bond donors (Lipinski definition) is 1. The minimum atomic E-state index is -1.02. The normalized spacial score (nSPS) is 19.7. The molecule has 2 aliphatic heterocycles. The molecule has 2 aliphatic rings. The van der Waals surface area contributed by atoms with Gasteiger partial charge in [-0.3, -0.25) is 4.79 Å². The summed E-state index contributed by atoms with van der Waals surface area (Å²) >= 11 is 0. The Bertz CT molecular complexity index is 1140. The van der Waals surface area contributed by atoms with Crippen LogP contribution in [0.5, 0.6) is 5.88 Å². The zero-order chi connectivity index (χ0) is 28.1. The van der Waals surface area contributed by atoms with Crippen molar-refractivity contribution in [2.75, 3.05) is 26.2 Å². The molecular formula is C29H38F2N4O4. The number of benzene rings is 1. The predicted molar refractivity (Wildman–Crippen MR) is 143 cm³/mol. The largest absolute Gasteiger partial charge is 0.474 e. The summed E-state index contributed by atoms with van der Waals surface area (Å²) in [5.41, 5.74) is 7.71. The van der Waals surface area contributed by atoms with E-state index in [1.165, 1.54) is 11.0 Å². The summed E-state index contributed by atoms with van der Waals surface area (Å²) in [6.45, 7) is 7.34. The third-order valence-electron chi connectivity index (χ3n) is 7.43. The fourth-order valence-electron chi connectivity index (χ4n) is 5.10. The second kappa shape index (κ2) is 12.7. The van der Waals surface area contributed by atoms with E-state index in [0.717, 1.165) is 18.4 Å². The van der Waals surface area contributed by atoms with E-state index in [1.807, 2.05) is 26.8 Å². The minimum absolute atomic E-state index is 0.0408. The maximum absolute atomic E-state index is 14.9. The van der Waals surface area contributed by atoms with Crippen LogP contribution in [0.4, 0.5) is 13.6 Å². The van der Waals surface area contributed by atoms with Gasteiger partial charge in [-0.15, -0.1) is 0 Å². The lowest BCUT2D eigenvalue weighted by Crippen LogP contribution is -2.44. The fourth-order valence-corrected chi connectivity index (χ4v) is 5.10. The molecule has 0 spiro atoms. The fraction of sp³-hybridized carbons (Fsp3) is 0.552. The van der Waals surface area contributed by atoms with Gasteiger partial charge in [0.05, 0.1) is 18.7 Å². The SMILES string of the molecule is CC(C)OC(=O)N1CCC(C(C)Oc2ccc(-c3ccc(C[C@H](N)C(=O)N4CC[C@H](F)C4)c(F)c3)cn2)CC1. The molecule has 1 unspecified atom stereocenters. The van der Waals surface area contributed by atoms with E-state index >= 15 is 0 Å². The smallest absolute Gasteiger partial charge is 0.410 e. The molecule has 0 aliphatic carbocycles. The highest BCUT2D eigenvalue weighted by Crippen LogP contribution is 2.27. The van der Waals surface area contributed by atoms with Gasteiger partial charge in [0.2, 0.25) is 11.8 Å². The molecular weight excluding hydrogens is 506 g/mol. The summed E-state index contributed by atoms with van der Waals surface area (Å²) < 4.78 is 39.6. The van der Waals surface area contributed by atoms with Crippen molar-refractivity contribution in [1.82, 2.24) is 14.8 Å². The molecule has 2 fully saturated rings. The van der Waals surface area contributed by atoms with Crippen LogP contribution in [0, 0.1) is 11.7 Å². The predicted octanol–water partition coefficient (Wildman–Crippen LogP) is 4.35. The van der Waals surface area contributed by atoms with Gasteiger partial charge in [-0.25, -0.2) is 18.6 Å². The molecule has 0 bridgehead atoms. The van der Waals surface area contributed by atoms with E-state index in [4.69, 9.17) is 15.2 Å². The number of alkyl halides is 1. The number of pyridine rings is 1. The van der Waals surface area contributed by atoms with Gasteiger partial charge in [-0.2, -0.15) is 0 Å². The Kier molecular flexibility index (Phi) is 9.37. The quantitative estimate of drug-likeness (QED) is 0.531. The lowest BCUT2D eigenvalue weighted by Gasteiger charge is -2.34. The van der Waals surface area contributed by atoms with Crippen molar-refractivity contribution >= 4 is 12.0 Å². The first-order valence-electron chi connectivity index (χ1n) is 13.7. The highest BCUT2D eigenvalue weighted by molar-refractivity contribution is 5.82. The van der Waals surface area contributed by atoms with Gasteiger partial charge >= 0.3 is 6.09 Å². The molecule has 2 amide bonds. The standard InChI is InChI=1S/C29H38F2N4O4/c1-18(2)38-29(37)34-11-8-20(9-12-34)19(3)39-27-7-6-23(16-33-27)21-4-5-22(25(31)14-21)15-26(32)28(36)35-13-10-24(30)17-35/h4-7,14,16,18-20,24,26H,8-13,15,17,32H2,1-3H3/t19?,24-,26-/m0/s1. The third kappa shape index (κ3) is 7.44. The Hall–Kier alpha value is -3.27. The lowest BCUT2D eigenvalue weighted by atomic mass is 9.92. The second-order valence-electron chi connectivity index (χ2n) is 10.8. The van der Waals surface area contributed by atoms with Crippen LogP contribution in [-0.2, 0) is 16.0 Å². The van der Waals surface area contributed by atoms with Crippen molar-refractivity contribution in [2.45, 2.75) is 70.9 Å². The lowest BCUT2D eigenvalue weighted by molar-refractivity contribution is -0.131. The number of nitrogens with zero attached hydrogens (tertiary/aromatic N) is 3. The molecule has 2 saturated heterocycles. The maximum atomic E-state index is 14.9. The Morgan fingerprint density at radius 2 is 1.74 bits per heavy atom. The number of halogens is 2. The number of carbonyl (C=O) groups excluding carboxylic acids is 2. The summed E-state index contributed by atoms with van der Waals surface area (Å²) in [7, 11) is 0. The first-order chi connectivity index (χ1) is 18.6. The molecule has 10 heteroatoms. The maximum Gasteiger partial charge on any atom is 0.410 e. The summed E-state index contributed by atoms with van der Waals surface area (Å²) in [4.78, 5) is 32.1. The second-order valence-corrected chi connectivity index (χ2v) is 10.8. The number of nitrogens with two attached hydrogens (primary N) is 1. The molecule has 2 N–H and O–H groups in total. The summed E-state index contributed by atoms with van der Waals surface area (Å²) in [6, 6.07) is 7.45. The summed E-state index contributed by atoms with van der Waals surface area (Å²) in [6.07, 6.45) is 2.13. The van der Waals surface area contributed by atoms with Crippen molar-refractivity contribution in [3.63, 3.8) is 0 Å². The molecule has 8 nitrogen and oxygen atoms in total. The van der Waals surface area contributed by atoms with Crippen LogP contribution in [0.1, 0.15) is 45.6 Å². The Morgan fingerprint density at radius 1 is 1.05 bits per heavy atom. The highest BCUT2D eigenvalue weighted by atomic mass is 19.1. The number of piperidine rings is 1. The van der Waals surface area contributed by atoms with Gasteiger partial charge in [-0.1, -0.05) is 12.1 Å². The van der Waals surface area contributed by atoms with E-state index in [1.54, 1.807) is 29.3 Å². The molecule has 39 heavy (non-hydrogen) atoms. The molecule has 0 radical (unpaired) electrons. The van der Waals surface area contributed by atoms with Crippen LogP contribution in [0.25, 0.3) is 11.1 Å². The summed E-state index contributed by atoms with van der Waals surface area (Å²) in [5, 5.41) is 0. The average molecular weight is 545 g/mol. The number of ether oxygens (including phenoxy) is 2. The van der Waals surface area contributed by atoms with Crippen LogP contribution in [0.15, 0.2) is 36.5 Å². The molecule has 212 valence electrons. The Balaban J connectivity index is 1.29. The van der Waals surface area contributed by atoms with E-state index in [0.29, 0.717) is 49.0 Å². The minimum Gasteiger partial charge on any atom is -0.474 e. The molecule has 3 atom stereocenters. The number of carbonyl (C=O) groups is 2.